The van der Waals surface area contributed by atoms with Crippen LogP contribution in [0.15, 0.2) is 59.5 Å². The molecule has 2 aromatic heterocycles. The Bertz CT molecular complexity index is 1190. The maximum atomic E-state index is 13.6. The second kappa shape index (κ2) is 7.63. The minimum atomic E-state index is -0.411. The molecule has 4 rings (SSSR count). The number of rotatable bonds is 5. The summed E-state index contributed by atoms with van der Waals surface area (Å²) in [5, 5.41) is 6.47. The highest BCUT2D eigenvalue weighted by Crippen LogP contribution is 2.21. The lowest BCUT2D eigenvalue weighted by molar-refractivity contribution is -0.116. The molecule has 0 bridgehead atoms. The van der Waals surface area contributed by atoms with E-state index >= 15 is 0 Å². The van der Waals surface area contributed by atoms with Gasteiger partial charge in [-0.05, 0) is 42.8 Å². The molecule has 0 spiro atoms. The van der Waals surface area contributed by atoms with E-state index in [4.69, 9.17) is 4.52 Å². The van der Waals surface area contributed by atoms with E-state index in [9.17, 15) is 13.6 Å². The minimum Gasteiger partial charge on any atom is -0.334 e. The van der Waals surface area contributed by atoms with E-state index in [0.29, 0.717) is 22.5 Å². The number of hydrogen-bond donors (Lipinski definition) is 1. The Morgan fingerprint density at radius 1 is 1.21 bits per heavy atom. The van der Waals surface area contributed by atoms with Gasteiger partial charge in [-0.15, -0.1) is 0 Å². The lowest BCUT2D eigenvalue weighted by Crippen LogP contribution is -2.18. The maximum absolute atomic E-state index is 13.6. The van der Waals surface area contributed by atoms with Crippen LogP contribution in [0.25, 0.3) is 23.0 Å². The van der Waals surface area contributed by atoms with Crippen LogP contribution in [0.4, 0.5) is 14.5 Å². The van der Waals surface area contributed by atoms with Gasteiger partial charge in [-0.3, -0.25) is 4.79 Å². The van der Waals surface area contributed by atoms with Crippen LogP contribution in [-0.4, -0.2) is 25.6 Å². The lowest BCUT2D eigenvalue weighted by Gasteiger charge is -2.06. The molecule has 1 N–H and O–H groups in total. The van der Waals surface area contributed by atoms with Crippen molar-refractivity contribution in [1.29, 1.82) is 0 Å². The van der Waals surface area contributed by atoms with Crippen molar-refractivity contribution in [2.45, 2.75) is 13.5 Å². The molecule has 0 fully saturated rings. The van der Waals surface area contributed by atoms with Crippen LogP contribution in [0, 0.1) is 18.6 Å². The summed E-state index contributed by atoms with van der Waals surface area (Å²) in [6.45, 7) is 1.61. The lowest BCUT2D eigenvalue weighted by atomic mass is 10.2. The van der Waals surface area contributed by atoms with E-state index < -0.39 is 5.82 Å². The maximum Gasteiger partial charge on any atom is 0.258 e. The van der Waals surface area contributed by atoms with E-state index in [1.807, 2.05) is 0 Å². The largest absolute Gasteiger partial charge is 0.334 e. The first kappa shape index (κ1) is 18.5. The third kappa shape index (κ3) is 4.18. The summed E-state index contributed by atoms with van der Waals surface area (Å²) >= 11 is 0. The zero-order valence-electron chi connectivity index (χ0n) is 15.3. The van der Waals surface area contributed by atoms with Gasteiger partial charge in [-0.1, -0.05) is 17.3 Å². The first-order valence-electron chi connectivity index (χ1n) is 8.66. The summed E-state index contributed by atoms with van der Waals surface area (Å²) in [7, 11) is 0. The average Bonchev–Trinajstić information content (AvgIpc) is 3.34. The molecule has 7 nitrogen and oxygen atoms in total. The highest BCUT2D eigenvalue weighted by atomic mass is 19.1. The Balaban J connectivity index is 1.44. The predicted molar refractivity (Wildman–Crippen MR) is 101 cm³/mol. The molecular formula is C20H15F2N5O2. The van der Waals surface area contributed by atoms with Crippen molar-refractivity contribution in [2.24, 2.45) is 0 Å². The van der Waals surface area contributed by atoms with Gasteiger partial charge in [0.2, 0.25) is 11.7 Å². The highest BCUT2D eigenvalue weighted by Gasteiger charge is 2.14. The normalized spacial score (nSPS) is 10.9. The van der Waals surface area contributed by atoms with Crippen molar-refractivity contribution in [2.75, 3.05) is 5.32 Å². The number of hydrogen-bond acceptors (Lipinski definition) is 5. The minimum absolute atomic E-state index is 0.0307. The number of aromatic nitrogens is 4. The highest BCUT2D eigenvalue weighted by molar-refractivity contribution is 5.90. The van der Waals surface area contributed by atoms with Crippen LogP contribution < -0.4 is 5.32 Å². The quantitative estimate of drug-likeness (QED) is 0.555. The molecule has 2 heterocycles. The number of carbonyl (C=O) groups excluding carboxylic acids is 1. The Morgan fingerprint density at radius 3 is 2.86 bits per heavy atom. The number of imidazole rings is 1. The molecule has 1 amide bonds. The van der Waals surface area contributed by atoms with Crippen molar-refractivity contribution in [3.05, 3.63) is 72.2 Å². The molecule has 2 aromatic carbocycles. The number of benzene rings is 2. The van der Waals surface area contributed by atoms with E-state index in [1.165, 1.54) is 29.1 Å². The summed E-state index contributed by atoms with van der Waals surface area (Å²) < 4.78 is 33.6. The van der Waals surface area contributed by atoms with E-state index in [0.717, 1.165) is 0 Å². The van der Waals surface area contributed by atoms with Crippen molar-refractivity contribution in [1.82, 2.24) is 19.7 Å². The number of anilines is 1. The molecule has 146 valence electrons. The van der Waals surface area contributed by atoms with Crippen LogP contribution in [0.5, 0.6) is 0 Å². The number of carbonyl (C=O) groups is 1. The summed E-state index contributed by atoms with van der Waals surface area (Å²) in [6.07, 6.45) is 3.03. The summed E-state index contributed by atoms with van der Waals surface area (Å²) in [4.78, 5) is 20.5. The van der Waals surface area contributed by atoms with Gasteiger partial charge in [0, 0.05) is 17.4 Å². The fraction of sp³-hybridized carbons (Fsp3) is 0.100. The van der Waals surface area contributed by atoms with Gasteiger partial charge in [-0.2, -0.15) is 4.98 Å². The number of halogens is 2. The number of amides is 1. The Kier molecular flexibility index (Phi) is 4.86. The summed E-state index contributed by atoms with van der Waals surface area (Å²) in [5.74, 6) is -0.770. The second-order valence-corrected chi connectivity index (χ2v) is 6.38. The summed E-state index contributed by atoms with van der Waals surface area (Å²) in [5.41, 5.74) is 1.72. The van der Waals surface area contributed by atoms with Crippen LogP contribution >= 0.6 is 0 Å². The molecule has 0 unspecified atom stereocenters. The predicted octanol–water partition coefficient (Wildman–Crippen LogP) is 3.83. The van der Waals surface area contributed by atoms with Gasteiger partial charge in [0.25, 0.3) is 5.89 Å². The third-order valence-corrected chi connectivity index (χ3v) is 4.14. The van der Waals surface area contributed by atoms with E-state index in [1.54, 1.807) is 37.4 Å². The van der Waals surface area contributed by atoms with Crippen LogP contribution in [-0.2, 0) is 11.3 Å². The molecule has 0 saturated heterocycles. The third-order valence-electron chi connectivity index (χ3n) is 4.14. The van der Waals surface area contributed by atoms with Gasteiger partial charge in [0.05, 0.1) is 6.33 Å². The van der Waals surface area contributed by atoms with Crippen molar-refractivity contribution in [3.63, 3.8) is 0 Å². The molecule has 0 aliphatic heterocycles. The zero-order valence-corrected chi connectivity index (χ0v) is 15.3. The number of aryl methyl sites for hydroxylation is 1. The molecule has 0 aliphatic carbocycles. The van der Waals surface area contributed by atoms with Crippen molar-refractivity contribution < 1.29 is 18.1 Å². The van der Waals surface area contributed by atoms with Crippen LogP contribution in [0.2, 0.25) is 0 Å². The van der Waals surface area contributed by atoms with Gasteiger partial charge in [0.1, 0.15) is 23.9 Å². The van der Waals surface area contributed by atoms with Gasteiger partial charge in [0.15, 0.2) is 0 Å². The average molecular weight is 395 g/mol. The SMILES string of the molecule is Cc1ccc(NC(=O)Cn2cnc(-c3noc(-c4cccc(F)c4)n3)c2)cc1F. The number of nitrogens with zero attached hydrogens (tertiary/aromatic N) is 4. The molecule has 9 heteroatoms. The smallest absolute Gasteiger partial charge is 0.258 e. The summed E-state index contributed by atoms with van der Waals surface area (Å²) in [6, 6.07) is 10.3. The van der Waals surface area contributed by atoms with E-state index in [-0.39, 0.29) is 30.0 Å². The first-order chi connectivity index (χ1) is 14.0. The van der Waals surface area contributed by atoms with E-state index in [2.05, 4.69) is 20.4 Å². The standard InChI is InChI=1S/C20H15F2N5O2/c1-12-5-6-15(8-16(12)22)24-18(28)10-27-9-17(23-11-27)19-25-20(29-26-19)13-3-2-4-14(21)7-13/h2-9,11H,10H2,1H3,(H,24,28). The molecule has 4 aromatic rings. The Morgan fingerprint density at radius 2 is 2.07 bits per heavy atom. The Labute approximate surface area is 164 Å². The molecule has 0 atom stereocenters. The monoisotopic (exact) mass is 395 g/mol. The van der Waals surface area contributed by atoms with Crippen LogP contribution in [0.3, 0.4) is 0 Å². The van der Waals surface area contributed by atoms with Crippen molar-refractivity contribution in [3.8, 4) is 23.0 Å². The molecule has 0 saturated carbocycles. The molecule has 29 heavy (non-hydrogen) atoms. The zero-order chi connectivity index (χ0) is 20.4. The molecule has 0 aliphatic rings. The molecule has 0 radical (unpaired) electrons. The fourth-order valence-corrected chi connectivity index (χ4v) is 2.67. The first-order valence-corrected chi connectivity index (χ1v) is 8.66. The van der Waals surface area contributed by atoms with Crippen LogP contribution in [0.1, 0.15) is 5.56 Å². The second-order valence-electron chi connectivity index (χ2n) is 6.38. The Hall–Kier alpha value is -3.88. The molecular weight excluding hydrogens is 380 g/mol. The topological polar surface area (TPSA) is 85.8 Å². The van der Waals surface area contributed by atoms with Gasteiger partial charge < -0.3 is 14.4 Å². The van der Waals surface area contributed by atoms with Crippen molar-refractivity contribution >= 4 is 11.6 Å². The van der Waals surface area contributed by atoms with Gasteiger partial charge in [-0.25, -0.2) is 13.8 Å². The fourth-order valence-electron chi connectivity index (χ4n) is 2.67. The van der Waals surface area contributed by atoms with Gasteiger partial charge >= 0.3 is 0 Å². The number of nitrogens with one attached hydrogen (secondary N) is 1.